The smallest absolute Gasteiger partial charge is 0.212 e. The zero-order valence-corrected chi connectivity index (χ0v) is 14.9. The van der Waals surface area contributed by atoms with Gasteiger partial charge in [0.2, 0.25) is 10.0 Å². The van der Waals surface area contributed by atoms with E-state index in [9.17, 15) is 8.42 Å². The van der Waals surface area contributed by atoms with Gasteiger partial charge in [0, 0.05) is 18.5 Å². The first-order chi connectivity index (χ1) is 11.6. The van der Waals surface area contributed by atoms with Crippen molar-refractivity contribution in [3.63, 3.8) is 0 Å². The average molecular weight is 350 g/mol. The molecule has 0 atom stereocenters. The molecule has 0 spiro atoms. The maximum atomic E-state index is 12.4. The normalized spacial score (nSPS) is 22.3. The Morgan fingerprint density at radius 1 is 1.17 bits per heavy atom. The van der Waals surface area contributed by atoms with Crippen molar-refractivity contribution in [2.24, 2.45) is 0 Å². The number of fused-ring (bicyclic) bond motifs is 1. The van der Waals surface area contributed by atoms with E-state index in [1.165, 1.54) is 18.4 Å². The molecule has 132 valence electrons. The molecule has 0 bridgehead atoms. The van der Waals surface area contributed by atoms with Crippen molar-refractivity contribution in [3.8, 4) is 5.75 Å². The molecule has 1 aromatic carbocycles. The summed E-state index contributed by atoms with van der Waals surface area (Å²) in [4.78, 5) is 2.51. The topological polar surface area (TPSA) is 58.6 Å². The van der Waals surface area contributed by atoms with Gasteiger partial charge in [0.15, 0.2) is 0 Å². The van der Waals surface area contributed by atoms with E-state index < -0.39 is 10.0 Å². The van der Waals surface area contributed by atoms with Crippen molar-refractivity contribution >= 4 is 10.0 Å². The predicted octanol–water partition coefficient (Wildman–Crippen LogP) is 1.71. The first-order valence-corrected chi connectivity index (χ1v) is 10.7. The van der Waals surface area contributed by atoms with Gasteiger partial charge in [-0.15, -0.1) is 0 Å². The second kappa shape index (κ2) is 6.65. The minimum atomic E-state index is -3.22. The number of nitrogens with zero attached hydrogens (tertiary/aromatic N) is 1. The molecule has 0 radical (unpaired) electrons. The SMILES string of the molecule is O=S(=O)(CCc1ccc2c(c1)CCO2)NC1CCN(C2CC2)CC1. The molecule has 1 aromatic rings. The quantitative estimate of drug-likeness (QED) is 0.849. The number of nitrogens with one attached hydrogen (secondary N) is 1. The van der Waals surface area contributed by atoms with Crippen LogP contribution in [-0.4, -0.2) is 50.9 Å². The van der Waals surface area contributed by atoms with Crippen molar-refractivity contribution in [2.75, 3.05) is 25.4 Å². The molecule has 4 rings (SSSR count). The summed E-state index contributed by atoms with van der Waals surface area (Å²) in [6.07, 6.45) is 6.00. The van der Waals surface area contributed by atoms with Crippen LogP contribution in [0.5, 0.6) is 5.75 Å². The fourth-order valence-electron chi connectivity index (χ4n) is 3.78. The number of likely N-dealkylation sites (tertiary alicyclic amines) is 1. The van der Waals surface area contributed by atoms with Crippen LogP contribution in [0.1, 0.15) is 36.8 Å². The largest absolute Gasteiger partial charge is 0.493 e. The lowest BCUT2D eigenvalue weighted by Crippen LogP contribution is -2.45. The lowest BCUT2D eigenvalue weighted by molar-refractivity contribution is 0.199. The Balaban J connectivity index is 1.27. The van der Waals surface area contributed by atoms with E-state index in [1.54, 1.807) is 0 Å². The Kier molecular flexibility index (Phi) is 4.54. The Morgan fingerprint density at radius 2 is 1.96 bits per heavy atom. The first-order valence-electron chi connectivity index (χ1n) is 9.08. The average Bonchev–Trinajstić information content (AvgIpc) is 3.31. The van der Waals surface area contributed by atoms with E-state index in [2.05, 4.69) is 15.7 Å². The fraction of sp³-hybridized carbons (Fsp3) is 0.667. The van der Waals surface area contributed by atoms with Crippen LogP contribution >= 0.6 is 0 Å². The van der Waals surface area contributed by atoms with E-state index in [-0.39, 0.29) is 11.8 Å². The highest BCUT2D eigenvalue weighted by molar-refractivity contribution is 7.89. The lowest BCUT2D eigenvalue weighted by atomic mass is 10.1. The van der Waals surface area contributed by atoms with Crippen molar-refractivity contribution in [1.82, 2.24) is 9.62 Å². The Morgan fingerprint density at radius 3 is 2.71 bits per heavy atom. The molecular formula is C18H26N2O3S. The summed E-state index contributed by atoms with van der Waals surface area (Å²) in [6, 6.07) is 6.93. The standard InChI is InChI=1S/C18H26N2O3S/c21-24(22,19-16-5-9-20(10-6-16)17-2-3-17)12-8-14-1-4-18-15(13-14)7-11-23-18/h1,4,13,16-17,19H,2-3,5-12H2. The minimum absolute atomic E-state index is 0.110. The van der Waals surface area contributed by atoms with Crippen molar-refractivity contribution in [3.05, 3.63) is 29.3 Å². The Bertz CT molecular complexity index is 692. The van der Waals surface area contributed by atoms with Gasteiger partial charge >= 0.3 is 0 Å². The van der Waals surface area contributed by atoms with E-state index in [1.807, 2.05) is 12.1 Å². The van der Waals surface area contributed by atoms with Gasteiger partial charge in [-0.05, 0) is 62.4 Å². The second-order valence-corrected chi connectivity index (χ2v) is 9.14. The lowest BCUT2D eigenvalue weighted by Gasteiger charge is -2.32. The minimum Gasteiger partial charge on any atom is -0.493 e. The molecule has 1 saturated heterocycles. The molecule has 1 aliphatic carbocycles. The molecule has 1 N–H and O–H groups in total. The molecule has 6 heteroatoms. The first kappa shape index (κ1) is 16.4. The molecule has 1 saturated carbocycles. The van der Waals surface area contributed by atoms with E-state index in [0.29, 0.717) is 6.42 Å². The van der Waals surface area contributed by atoms with Crippen molar-refractivity contribution in [1.29, 1.82) is 0 Å². The summed E-state index contributed by atoms with van der Waals surface area (Å²) in [5.74, 6) is 1.11. The highest BCUT2D eigenvalue weighted by atomic mass is 32.2. The zero-order chi connectivity index (χ0) is 16.6. The maximum Gasteiger partial charge on any atom is 0.212 e. The summed E-state index contributed by atoms with van der Waals surface area (Å²) in [7, 11) is -3.22. The molecule has 2 aliphatic heterocycles. The third-order valence-corrected chi connectivity index (χ3v) is 6.79. The van der Waals surface area contributed by atoms with Crippen LogP contribution in [0.2, 0.25) is 0 Å². The van der Waals surface area contributed by atoms with Gasteiger partial charge in [-0.3, -0.25) is 0 Å². The molecule has 2 heterocycles. The summed E-state index contributed by atoms with van der Waals surface area (Å²) in [6.45, 7) is 2.80. The van der Waals surface area contributed by atoms with Gasteiger partial charge in [0.25, 0.3) is 0 Å². The molecule has 2 fully saturated rings. The summed E-state index contributed by atoms with van der Waals surface area (Å²) < 4.78 is 33.2. The van der Waals surface area contributed by atoms with Crippen LogP contribution in [0, 0.1) is 0 Å². The van der Waals surface area contributed by atoms with Gasteiger partial charge in [-0.25, -0.2) is 13.1 Å². The maximum absolute atomic E-state index is 12.4. The van der Waals surface area contributed by atoms with Crippen LogP contribution in [0.25, 0.3) is 0 Å². The molecular weight excluding hydrogens is 324 g/mol. The third kappa shape index (κ3) is 3.92. The Hall–Kier alpha value is -1.11. The molecule has 5 nitrogen and oxygen atoms in total. The predicted molar refractivity (Wildman–Crippen MR) is 93.9 cm³/mol. The highest BCUT2D eigenvalue weighted by Crippen LogP contribution is 2.29. The van der Waals surface area contributed by atoms with Crippen LogP contribution in [0.4, 0.5) is 0 Å². The molecule has 3 aliphatic rings. The van der Waals surface area contributed by atoms with Crippen molar-refractivity contribution in [2.45, 2.75) is 50.6 Å². The van der Waals surface area contributed by atoms with Gasteiger partial charge in [-0.1, -0.05) is 12.1 Å². The van der Waals surface area contributed by atoms with E-state index in [4.69, 9.17) is 4.74 Å². The van der Waals surface area contributed by atoms with Gasteiger partial charge in [-0.2, -0.15) is 0 Å². The van der Waals surface area contributed by atoms with Crippen molar-refractivity contribution < 1.29 is 13.2 Å². The summed E-state index contributed by atoms with van der Waals surface area (Å²) >= 11 is 0. The van der Waals surface area contributed by atoms with Gasteiger partial charge < -0.3 is 9.64 Å². The van der Waals surface area contributed by atoms with Crippen LogP contribution < -0.4 is 9.46 Å². The number of hydrogen-bond donors (Lipinski definition) is 1. The highest BCUT2D eigenvalue weighted by Gasteiger charge is 2.32. The molecule has 0 amide bonds. The second-order valence-electron chi connectivity index (χ2n) is 7.27. The molecule has 0 unspecified atom stereocenters. The number of aryl methyl sites for hydroxylation is 1. The number of piperidine rings is 1. The molecule has 0 aromatic heterocycles. The number of hydrogen-bond acceptors (Lipinski definition) is 4. The zero-order valence-electron chi connectivity index (χ0n) is 14.0. The number of ether oxygens (including phenoxy) is 1. The third-order valence-electron chi connectivity index (χ3n) is 5.35. The van der Waals surface area contributed by atoms with E-state index >= 15 is 0 Å². The number of rotatable bonds is 6. The van der Waals surface area contributed by atoms with Crippen LogP contribution in [0.3, 0.4) is 0 Å². The number of benzene rings is 1. The summed E-state index contributed by atoms with van der Waals surface area (Å²) in [5, 5.41) is 0. The van der Waals surface area contributed by atoms with Crippen LogP contribution in [0.15, 0.2) is 18.2 Å². The van der Waals surface area contributed by atoms with Crippen LogP contribution in [-0.2, 0) is 22.9 Å². The fourth-order valence-corrected chi connectivity index (χ4v) is 5.15. The van der Waals surface area contributed by atoms with Gasteiger partial charge in [0.1, 0.15) is 5.75 Å². The number of sulfonamides is 1. The van der Waals surface area contributed by atoms with E-state index in [0.717, 1.165) is 56.3 Å². The monoisotopic (exact) mass is 350 g/mol. The van der Waals surface area contributed by atoms with Gasteiger partial charge in [0.05, 0.1) is 12.4 Å². The summed E-state index contributed by atoms with van der Waals surface area (Å²) in [5.41, 5.74) is 2.28. The Labute approximate surface area is 144 Å². The molecule has 24 heavy (non-hydrogen) atoms.